The largest absolute Gasteiger partial charge is 0.497 e. The van der Waals surface area contributed by atoms with Crippen LogP contribution in [-0.4, -0.2) is 42.3 Å². The van der Waals surface area contributed by atoms with Crippen molar-refractivity contribution >= 4 is 17.1 Å². The van der Waals surface area contributed by atoms with E-state index in [4.69, 9.17) is 15.2 Å². The van der Waals surface area contributed by atoms with Crippen LogP contribution in [0.4, 0.5) is 17.6 Å². The molecule has 0 unspecified atom stereocenters. The molecule has 0 aliphatic carbocycles. The first kappa shape index (κ1) is 27.4. The molecule has 5 aromatic rings. The maximum absolute atomic E-state index is 15.4. The van der Waals surface area contributed by atoms with Crippen LogP contribution in [0.2, 0.25) is 0 Å². The minimum Gasteiger partial charge on any atom is -0.497 e. The first-order valence-corrected chi connectivity index (χ1v) is 12.0. The summed E-state index contributed by atoms with van der Waals surface area (Å²) in [6.07, 6.45) is -2.52. The lowest BCUT2D eigenvalue weighted by Crippen LogP contribution is -2.21. The number of imidazole rings is 1. The molecule has 11 nitrogen and oxygen atoms in total. The highest BCUT2D eigenvalue weighted by molar-refractivity contribution is 6.00. The van der Waals surface area contributed by atoms with Crippen LogP contribution in [0.5, 0.6) is 17.2 Å². The molecule has 1 amide bonds. The number of carbonyl (C=O) groups is 1. The van der Waals surface area contributed by atoms with Gasteiger partial charge in [-0.15, -0.1) is 0 Å². The zero-order chi connectivity index (χ0) is 29.6. The third-order valence-corrected chi connectivity index (χ3v) is 6.08. The number of aromatic nitrogens is 6. The fourth-order valence-electron chi connectivity index (χ4n) is 4.37. The van der Waals surface area contributed by atoms with Crippen LogP contribution in [0.3, 0.4) is 0 Å². The molecule has 0 atom stereocenters. The van der Waals surface area contributed by atoms with Gasteiger partial charge in [-0.1, -0.05) is 0 Å². The Kier molecular flexibility index (Phi) is 6.72. The molecule has 0 aliphatic heterocycles. The Morgan fingerprint density at radius 3 is 2.44 bits per heavy atom. The topological polar surface area (TPSA) is 143 Å². The Morgan fingerprint density at radius 1 is 1.07 bits per heavy atom. The minimum atomic E-state index is -5.09. The van der Waals surface area contributed by atoms with Gasteiger partial charge in [0.1, 0.15) is 17.0 Å². The molecule has 0 bridgehead atoms. The molecule has 4 heterocycles. The molecule has 0 saturated heterocycles. The lowest BCUT2D eigenvalue weighted by atomic mass is 10.0. The number of carbonyl (C=O) groups excluding carboxylic acids is 1. The number of alkyl halides is 3. The predicted octanol–water partition coefficient (Wildman–Crippen LogP) is 4.61. The number of halogens is 4. The number of hydrogen-bond acceptors (Lipinski definition) is 7. The number of nitrogens with one attached hydrogen (secondary N) is 1. The molecule has 15 heteroatoms. The quantitative estimate of drug-likeness (QED) is 0.272. The molecule has 0 spiro atoms. The molecule has 212 valence electrons. The summed E-state index contributed by atoms with van der Waals surface area (Å²) in [5.74, 6) is -2.74. The SMILES string of the molecule is COc1ccnc(-n2nc(-c3ccc(Oc4ccnc5[nH]c(=O)n(C(C)C)c45)c(F)c3)c(C(N)=O)c2C(F)(F)F)c1. The highest BCUT2D eigenvalue weighted by atomic mass is 19.4. The standard InChI is InChI=1S/C26H21F4N7O4/c1-12(2)36-21-17(7-9-33-24(21)34-25(36)39)41-16-5-4-13(10-15(16)27)20-19(23(31)38)22(26(28,29)30)37(35-20)18-11-14(40-3)6-8-32-18/h4-12H,1-3H3,(H2,31,38)(H,33,34,39). The van der Waals surface area contributed by atoms with Crippen molar-refractivity contribution in [3.63, 3.8) is 0 Å². The number of methoxy groups -OCH3 is 1. The maximum atomic E-state index is 15.4. The van der Waals surface area contributed by atoms with E-state index in [1.807, 2.05) is 0 Å². The van der Waals surface area contributed by atoms with Crippen molar-refractivity contribution in [2.45, 2.75) is 26.1 Å². The second-order valence-corrected chi connectivity index (χ2v) is 9.05. The van der Waals surface area contributed by atoms with Crippen molar-refractivity contribution in [1.82, 2.24) is 29.3 Å². The first-order chi connectivity index (χ1) is 19.4. The summed E-state index contributed by atoms with van der Waals surface area (Å²) in [5.41, 5.74) is 2.29. The second-order valence-electron chi connectivity index (χ2n) is 9.05. The zero-order valence-corrected chi connectivity index (χ0v) is 21.7. The van der Waals surface area contributed by atoms with Crippen molar-refractivity contribution in [2.24, 2.45) is 5.73 Å². The van der Waals surface area contributed by atoms with Crippen molar-refractivity contribution in [3.8, 4) is 34.3 Å². The molecular weight excluding hydrogens is 550 g/mol. The van der Waals surface area contributed by atoms with Gasteiger partial charge in [-0.25, -0.2) is 23.8 Å². The number of benzene rings is 1. The van der Waals surface area contributed by atoms with Gasteiger partial charge in [0.15, 0.2) is 34.5 Å². The van der Waals surface area contributed by atoms with E-state index in [1.54, 1.807) is 13.8 Å². The Labute approximate surface area is 228 Å². The van der Waals surface area contributed by atoms with Crippen LogP contribution in [0, 0.1) is 5.82 Å². The normalized spacial score (nSPS) is 11.8. The number of aromatic amines is 1. The highest BCUT2D eigenvalue weighted by Gasteiger charge is 2.43. The molecule has 0 saturated carbocycles. The molecule has 0 radical (unpaired) electrons. The summed E-state index contributed by atoms with van der Waals surface area (Å²) in [4.78, 5) is 35.3. The Balaban J connectivity index is 1.63. The molecule has 3 N–H and O–H groups in total. The first-order valence-electron chi connectivity index (χ1n) is 12.0. The number of fused-ring (bicyclic) bond motifs is 1. The van der Waals surface area contributed by atoms with E-state index in [9.17, 15) is 22.8 Å². The van der Waals surface area contributed by atoms with Crippen molar-refractivity contribution in [2.75, 3.05) is 7.11 Å². The average Bonchev–Trinajstić information content (AvgIpc) is 3.49. The maximum Gasteiger partial charge on any atom is 0.434 e. The van der Waals surface area contributed by atoms with Gasteiger partial charge in [-0.05, 0) is 38.1 Å². The number of nitrogens with two attached hydrogens (primary N) is 1. The third kappa shape index (κ3) is 4.85. The van der Waals surface area contributed by atoms with Crippen molar-refractivity contribution in [3.05, 3.63) is 76.4 Å². The average molecular weight is 571 g/mol. The number of amides is 1. The fraction of sp³-hybridized carbons (Fsp3) is 0.192. The van der Waals surface area contributed by atoms with E-state index in [2.05, 4.69) is 20.1 Å². The second kappa shape index (κ2) is 10.1. The zero-order valence-electron chi connectivity index (χ0n) is 21.7. The number of ether oxygens (including phenoxy) is 2. The lowest BCUT2D eigenvalue weighted by Gasteiger charge is -2.12. The Bertz CT molecular complexity index is 1860. The van der Waals surface area contributed by atoms with Gasteiger partial charge in [0, 0.05) is 36.1 Å². The highest BCUT2D eigenvalue weighted by Crippen LogP contribution is 2.39. The predicted molar refractivity (Wildman–Crippen MR) is 138 cm³/mol. The van der Waals surface area contributed by atoms with Crippen LogP contribution in [0.15, 0.2) is 53.6 Å². The van der Waals surface area contributed by atoms with E-state index in [0.29, 0.717) is 10.2 Å². The number of hydrogen-bond donors (Lipinski definition) is 2. The molecule has 1 aromatic carbocycles. The smallest absolute Gasteiger partial charge is 0.434 e. The van der Waals surface area contributed by atoms with Gasteiger partial charge < -0.3 is 15.2 Å². The third-order valence-electron chi connectivity index (χ3n) is 6.08. The summed E-state index contributed by atoms with van der Waals surface area (Å²) in [6.45, 7) is 3.54. The van der Waals surface area contributed by atoms with Gasteiger partial charge in [0.05, 0.1) is 12.7 Å². The van der Waals surface area contributed by atoms with Crippen LogP contribution in [-0.2, 0) is 6.18 Å². The van der Waals surface area contributed by atoms with Gasteiger partial charge in [0.2, 0.25) is 0 Å². The lowest BCUT2D eigenvalue weighted by molar-refractivity contribution is -0.143. The minimum absolute atomic E-state index is 0.110. The number of H-pyrrole nitrogens is 1. The number of primary amides is 1. The van der Waals surface area contributed by atoms with Crippen LogP contribution in [0.1, 0.15) is 35.9 Å². The molecular formula is C26H21F4N7O4. The van der Waals surface area contributed by atoms with Gasteiger partial charge >= 0.3 is 11.9 Å². The van der Waals surface area contributed by atoms with Crippen molar-refractivity contribution in [1.29, 1.82) is 0 Å². The summed E-state index contributed by atoms with van der Waals surface area (Å²) in [6, 6.07) is 6.99. The number of rotatable bonds is 7. The molecule has 0 fully saturated rings. The van der Waals surface area contributed by atoms with E-state index in [-0.39, 0.29) is 40.3 Å². The van der Waals surface area contributed by atoms with Gasteiger partial charge in [-0.3, -0.25) is 14.3 Å². The summed E-state index contributed by atoms with van der Waals surface area (Å²) < 4.78 is 70.6. The monoisotopic (exact) mass is 571 g/mol. The molecule has 0 aliphatic rings. The van der Waals surface area contributed by atoms with E-state index >= 15 is 4.39 Å². The Hall–Kier alpha value is -5.21. The van der Waals surface area contributed by atoms with Crippen LogP contribution in [0.25, 0.3) is 28.2 Å². The Morgan fingerprint density at radius 2 is 1.80 bits per heavy atom. The summed E-state index contributed by atoms with van der Waals surface area (Å²) in [7, 11) is 1.31. The van der Waals surface area contributed by atoms with E-state index in [0.717, 1.165) is 12.1 Å². The fourth-order valence-corrected chi connectivity index (χ4v) is 4.37. The summed E-state index contributed by atoms with van der Waals surface area (Å²) >= 11 is 0. The van der Waals surface area contributed by atoms with E-state index < -0.39 is 40.5 Å². The van der Waals surface area contributed by atoms with E-state index in [1.165, 1.54) is 48.3 Å². The molecule has 41 heavy (non-hydrogen) atoms. The van der Waals surface area contributed by atoms with Crippen LogP contribution < -0.4 is 20.9 Å². The molecule has 4 aromatic heterocycles. The van der Waals surface area contributed by atoms with Crippen molar-refractivity contribution < 1.29 is 31.8 Å². The molecule has 5 rings (SSSR count). The van der Waals surface area contributed by atoms with Crippen LogP contribution >= 0.6 is 0 Å². The summed E-state index contributed by atoms with van der Waals surface area (Å²) in [5, 5.41) is 3.96. The van der Waals surface area contributed by atoms with Gasteiger partial charge in [-0.2, -0.15) is 18.3 Å². The van der Waals surface area contributed by atoms with Gasteiger partial charge in [0.25, 0.3) is 5.91 Å². The number of pyridine rings is 2. The number of nitrogens with zero attached hydrogens (tertiary/aromatic N) is 5.